The number of fused-ring (bicyclic) bond motifs is 4. The van der Waals surface area contributed by atoms with Crippen molar-refractivity contribution in [3.05, 3.63) is 62.9 Å². The molecule has 0 spiro atoms. The van der Waals surface area contributed by atoms with E-state index in [9.17, 15) is 14.4 Å². The fraction of sp³-hybridized carbons (Fsp3) is 0.414. The minimum Gasteiger partial charge on any atom is -0.322 e. The summed E-state index contributed by atoms with van der Waals surface area (Å²) in [4.78, 5) is 53.2. The van der Waals surface area contributed by atoms with Gasteiger partial charge in [0, 0.05) is 48.4 Å². The summed E-state index contributed by atoms with van der Waals surface area (Å²) in [5, 5.41) is 3.66. The zero-order valence-corrected chi connectivity index (χ0v) is 22.2. The Hall–Kier alpha value is -3.43. The average Bonchev–Trinajstić information content (AvgIpc) is 3.57. The Balaban J connectivity index is 1.07. The van der Waals surface area contributed by atoms with Crippen molar-refractivity contribution < 1.29 is 14.4 Å². The molecule has 1 atom stereocenters. The van der Waals surface area contributed by atoms with E-state index >= 15 is 0 Å². The number of nitrogens with zero attached hydrogens (tertiary/aromatic N) is 4. The molecule has 0 bridgehead atoms. The number of thiophene rings is 1. The number of hydrogen-bond donors (Lipinski definition) is 1. The number of carbonyl (C=O) groups is 3. The van der Waals surface area contributed by atoms with Crippen LogP contribution in [0.15, 0.2) is 24.3 Å². The zero-order chi connectivity index (χ0) is 26.0. The van der Waals surface area contributed by atoms with Crippen molar-refractivity contribution in [3.8, 4) is 0 Å². The normalized spacial score (nSPS) is 21.6. The van der Waals surface area contributed by atoms with Gasteiger partial charge in [-0.3, -0.25) is 24.6 Å². The van der Waals surface area contributed by atoms with Crippen molar-refractivity contribution in [1.29, 1.82) is 0 Å². The molecule has 1 N–H and O–H groups in total. The molecule has 194 valence electrons. The minimum atomic E-state index is -0.581. The molecule has 0 radical (unpaired) electrons. The van der Waals surface area contributed by atoms with Crippen LogP contribution in [0.4, 0.5) is 0 Å². The number of benzene rings is 1. The number of rotatable bonds is 4. The van der Waals surface area contributed by atoms with Crippen molar-refractivity contribution in [3.63, 3.8) is 0 Å². The molecule has 4 aliphatic rings. The molecule has 8 nitrogen and oxygen atoms in total. The van der Waals surface area contributed by atoms with Gasteiger partial charge in [0.05, 0.1) is 5.69 Å². The summed E-state index contributed by atoms with van der Waals surface area (Å²) in [6.45, 7) is 5.00. The molecule has 5 heterocycles. The fourth-order valence-corrected chi connectivity index (χ4v) is 7.70. The molecular formula is C29H29N5O3S. The molecule has 1 unspecified atom stereocenters. The van der Waals surface area contributed by atoms with E-state index in [1.165, 1.54) is 34.2 Å². The molecule has 3 amide bonds. The molecule has 3 aliphatic heterocycles. The number of carbonyl (C=O) groups excluding carboxylic acids is 3. The first-order chi connectivity index (χ1) is 18.4. The third-order valence-electron chi connectivity index (χ3n) is 8.27. The van der Waals surface area contributed by atoms with Crippen LogP contribution in [0.2, 0.25) is 0 Å². The molecule has 1 saturated heterocycles. The van der Waals surface area contributed by atoms with E-state index in [2.05, 4.69) is 22.4 Å². The van der Waals surface area contributed by atoms with Crippen LogP contribution in [0.25, 0.3) is 15.8 Å². The second kappa shape index (κ2) is 9.10. The van der Waals surface area contributed by atoms with Crippen molar-refractivity contribution in [2.75, 3.05) is 13.1 Å². The lowest BCUT2D eigenvalue weighted by molar-refractivity contribution is -0.136. The predicted octanol–water partition coefficient (Wildman–Crippen LogP) is 3.54. The van der Waals surface area contributed by atoms with Gasteiger partial charge in [-0.05, 0) is 67.4 Å². The highest BCUT2D eigenvalue weighted by molar-refractivity contribution is 7.18. The van der Waals surface area contributed by atoms with Gasteiger partial charge in [-0.2, -0.15) is 0 Å². The highest BCUT2D eigenvalue weighted by Gasteiger charge is 2.39. The summed E-state index contributed by atoms with van der Waals surface area (Å²) in [6.07, 6.45) is 7.45. The molecule has 7 rings (SSSR count). The van der Waals surface area contributed by atoms with Crippen LogP contribution >= 0.6 is 11.3 Å². The third-order valence-corrected chi connectivity index (χ3v) is 9.45. The Morgan fingerprint density at radius 1 is 1.11 bits per heavy atom. The molecule has 3 aromatic rings. The molecular weight excluding hydrogens is 498 g/mol. The van der Waals surface area contributed by atoms with Crippen LogP contribution in [0.5, 0.6) is 0 Å². The first kappa shape index (κ1) is 23.7. The van der Waals surface area contributed by atoms with Gasteiger partial charge in [0.2, 0.25) is 11.8 Å². The summed E-state index contributed by atoms with van der Waals surface area (Å²) < 4.78 is 0. The first-order valence-corrected chi connectivity index (χ1v) is 14.2. The van der Waals surface area contributed by atoms with Crippen LogP contribution in [0, 0.1) is 6.92 Å². The molecule has 9 heteroatoms. The topological polar surface area (TPSA) is 95.5 Å². The maximum Gasteiger partial charge on any atom is 0.255 e. The van der Waals surface area contributed by atoms with Crippen molar-refractivity contribution in [1.82, 2.24) is 25.1 Å². The Bertz CT molecular complexity index is 1560. The van der Waals surface area contributed by atoms with Gasteiger partial charge < -0.3 is 4.90 Å². The van der Waals surface area contributed by atoms with E-state index in [-0.39, 0.29) is 24.1 Å². The second-order valence-corrected chi connectivity index (χ2v) is 11.8. The van der Waals surface area contributed by atoms with Gasteiger partial charge in [-0.25, -0.2) is 9.97 Å². The van der Waals surface area contributed by atoms with Crippen LogP contribution in [-0.2, 0) is 35.5 Å². The Kier molecular flexibility index (Phi) is 5.67. The predicted molar refractivity (Wildman–Crippen MR) is 145 cm³/mol. The molecule has 2 aromatic heterocycles. The van der Waals surface area contributed by atoms with Crippen LogP contribution in [0.3, 0.4) is 0 Å². The van der Waals surface area contributed by atoms with Gasteiger partial charge in [0.15, 0.2) is 0 Å². The number of piperidine rings is 1. The minimum absolute atomic E-state index is 0.127. The van der Waals surface area contributed by atoms with E-state index in [4.69, 9.17) is 9.97 Å². The Morgan fingerprint density at radius 2 is 2.00 bits per heavy atom. The smallest absolute Gasteiger partial charge is 0.255 e. The van der Waals surface area contributed by atoms with Crippen LogP contribution < -0.4 is 5.32 Å². The monoisotopic (exact) mass is 527 g/mol. The molecule has 1 fully saturated rings. The second-order valence-electron chi connectivity index (χ2n) is 10.8. The highest BCUT2D eigenvalue weighted by Crippen LogP contribution is 2.40. The number of imide groups is 1. The SMILES string of the molecule is Cc1nc(C2=CCN(Cc3ccc4c(c3)CN(C3CCC(=O)NC3=O)C4=O)CC2)c2c3c(sc2n1)CCC3. The van der Waals surface area contributed by atoms with Gasteiger partial charge in [0.1, 0.15) is 16.7 Å². The van der Waals surface area contributed by atoms with Crippen LogP contribution in [0.1, 0.15) is 69.1 Å². The van der Waals surface area contributed by atoms with Crippen molar-refractivity contribution >= 4 is 44.8 Å². The largest absolute Gasteiger partial charge is 0.322 e. The molecule has 38 heavy (non-hydrogen) atoms. The number of aryl methyl sites for hydroxylation is 3. The lowest BCUT2D eigenvalue weighted by Crippen LogP contribution is -2.52. The van der Waals surface area contributed by atoms with Crippen LogP contribution in [-0.4, -0.2) is 56.6 Å². The van der Waals surface area contributed by atoms with Crippen molar-refractivity contribution in [2.24, 2.45) is 0 Å². The quantitative estimate of drug-likeness (QED) is 0.522. The standard InChI is InChI=1S/C29H29N5O3S/c1-16-30-26(25-21-3-2-4-23(21)38-28(25)31-16)18-9-11-33(12-10-18)14-17-5-6-20-19(13-17)15-34(29(20)37)22-7-8-24(35)32-27(22)36/h5-6,9,13,22H,2-4,7-8,10-12,14-15H2,1H3,(H,32,35,36). The average molecular weight is 528 g/mol. The van der Waals surface area contributed by atoms with Crippen molar-refractivity contribution in [2.45, 2.75) is 64.6 Å². The summed E-state index contributed by atoms with van der Waals surface area (Å²) in [7, 11) is 0. The van der Waals surface area contributed by atoms with E-state index < -0.39 is 6.04 Å². The molecule has 0 saturated carbocycles. The van der Waals surface area contributed by atoms with E-state index in [0.29, 0.717) is 18.5 Å². The van der Waals surface area contributed by atoms with E-state index in [1.807, 2.05) is 30.4 Å². The summed E-state index contributed by atoms with van der Waals surface area (Å²) in [5.41, 5.74) is 6.71. The van der Waals surface area contributed by atoms with E-state index in [1.54, 1.807) is 4.90 Å². The number of aromatic nitrogens is 2. The maximum atomic E-state index is 13.0. The number of hydrogen-bond acceptors (Lipinski definition) is 7. The fourth-order valence-electron chi connectivity index (χ4n) is 6.39. The number of nitrogens with one attached hydrogen (secondary N) is 1. The summed E-state index contributed by atoms with van der Waals surface area (Å²) >= 11 is 1.85. The third kappa shape index (κ3) is 3.96. The first-order valence-electron chi connectivity index (χ1n) is 13.4. The lowest BCUT2D eigenvalue weighted by atomic mass is 9.99. The van der Waals surface area contributed by atoms with Gasteiger partial charge in [-0.1, -0.05) is 18.2 Å². The maximum absolute atomic E-state index is 13.0. The van der Waals surface area contributed by atoms with Gasteiger partial charge in [0.25, 0.3) is 5.91 Å². The van der Waals surface area contributed by atoms with E-state index in [0.717, 1.165) is 60.0 Å². The zero-order valence-electron chi connectivity index (χ0n) is 21.4. The summed E-state index contributed by atoms with van der Waals surface area (Å²) in [5.74, 6) is 0.0739. The Labute approximate surface area is 224 Å². The molecule has 1 aliphatic carbocycles. The van der Waals surface area contributed by atoms with Gasteiger partial charge in [-0.15, -0.1) is 11.3 Å². The molecule has 1 aromatic carbocycles. The number of amides is 3. The van der Waals surface area contributed by atoms with Gasteiger partial charge >= 0.3 is 0 Å². The Morgan fingerprint density at radius 3 is 2.82 bits per heavy atom. The summed E-state index contributed by atoms with van der Waals surface area (Å²) in [6, 6.07) is 5.44. The highest BCUT2D eigenvalue weighted by atomic mass is 32.1. The lowest BCUT2D eigenvalue weighted by Gasteiger charge is -2.29.